The van der Waals surface area contributed by atoms with Gasteiger partial charge in [-0.2, -0.15) is 0 Å². The topological polar surface area (TPSA) is 13.1 Å². The molecule has 1 nitrogen and oxygen atoms in total. The second-order valence-electron chi connectivity index (χ2n) is 11.2. The molecule has 0 fully saturated rings. The summed E-state index contributed by atoms with van der Waals surface area (Å²) in [5.74, 6) is 0. The molecule has 1 unspecified atom stereocenters. The highest BCUT2D eigenvalue weighted by Gasteiger charge is 2.46. The highest BCUT2D eigenvalue weighted by atomic mass is 35.5. The van der Waals surface area contributed by atoms with E-state index >= 15 is 0 Å². The first-order valence-corrected chi connectivity index (χ1v) is 14.6. The van der Waals surface area contributed by atoms with Gasteiger partial charge in [-0.25, -0.2) is 0 Å². The summed E-state index contributed by atoms with van der Waals surface area (Å²) in [6.07, 6.45) is 0. The smallest absolute Gasteiger partial charge is 0.143 e. The first-order chi connectivity index (χ1) is 20.6. The minimum atomic E-state index is -0.485. The lowest BCUT2D eigenvalue weighted by molar-refractivity contribution is 0.670. The lowest BCUT2D eigenvalue weighted by atomic mass is 9.67. The van der Waals surface area contributed by atoms with Crippen molar-refractivity contribution < 1.29 is 4.42 Å². The molecule has 0 saturated carbocycles. The van der Waals surface area contributed by atoms with Gasteiger partial charge in [0.25, 0.3) is 0 Å². The minimum Gasteiger partial charge on any atom is -0.455 e. The Bertz CT molecular complexity index is 2170. The predicted octanol–water partition coefficient (Wildman–Crippen LogP) is 11.3. The fourth-order valence-electron chi connectivity index (χ4n) is 6.92. The van der Waals surface area contributed by atoms with E-state index in [1.165, 1.54) is 33.4 Å². The molecule has 42 heavy (non-hydrogen) atoms. The molecule has 7 aromatic rings. The van der Waals surface area contributed by atoms with Crippen LogP contribution in [0.1, 0.15) is 34.7 Å². The fourth-order valence-corrected chi connectivity index (χ4v) is 7.09. The third-order valence-corrected chi connectivity index (χ3v) is 9.07. The summed E-state index contributed by atoms with van der Waals surface area (Å²) >= 11 is 6.67. The van der Waals surface area contributed by atoms with Crippen molar-refractivity contribution in [2.24, 2.45) is 0 Å². The molecule has 1 aromatic heterocycles. The van der Waals surface area contributed by atoms with Gasteiger partial charge in [-0.3, -0.25) is 0 Å². The summed E-state index contributed by atoms with van der Waals surface area (Å²) in [7, 11) is 0. The van der Waals surface area contributed by atoms with E-state index in [1.807, 2.05) is 13.0 Å². The van der Waals surface area contributed by atoms with Gasteiger partial charge in [0.2, 0.25) is 0 Å². The Morgan fingerprint density at radius 1 is 0.619 bits per heavy atom. The minimum absolute atomic E-state index is 0.485. The van der Waals surface area contributed by atoms with Crippen molar-refractivity contribution in [3.8, 4) is 22.3 Å². The molecule has 0 N–H and O–H groups in total. The number of rotatable bonds is 4. The summed E-state index contributed by atoms with van der Waals surface area (Å²) in [5, 5.41) is 2.97. The number of allylic oxidation sites excluding steroid dienone is 1. The lowest BCUT2D eigenvalue weighted by Crippen LogP contribution is -2.28. The van der Waals surface area contributed by atoms with Gasteiger partial charge in [0.15, 0.2) is 0 Å². The highest BCUT2D eigenvalue weighted by molar-refractivity contribution is 6.30. The zero-order valence-electron chi connectivity index (χ0n) is 23.2. The van der Waals surface area contributed by atoms with E-state index < -0.39 is 5.41 Å². The third-order valence-electron chi connectivity index (χ3n) is 8.83. The number of para-hydroxylation sites is 1. The maximum Gasteiger partial charge on any atom is 0.143 e. The Morgan fingerprint density at radius 3 is 2.14 bits per heavy atom. The summed E-state index contributed by atoms with van der Waals surface area (Å²) < 4.78 is 6.45. The van der Waals surface area contributed by atoms with Crippen LogP contribution < -0.4 is 0 Å². The van der Waals surface area contributed by atoms with Crippen molar-refractivity contribution in [3.05, 3.63) is 173 Å². The summed E-state index contributed by atoms with van der Waals surface area (Å²) in [6, 6.07) is 47.6. The fraction of sp³-hybridized carbons (Fsp3) is 0.0500. The van der Waals surface area contributed by atoms with Crippen LogP contribution in [0.5, 0.6) is 0 Å². The number of hydrogen-bond acceptors (Lipinski definition) is 1. The van der Waals surface area contributed by atoms with Crippen LogP contribution in [0.15, 0.2) is 144 Å². The second kappa shape index (κ2) is 9.34. The number of hydrogen-bond donors (Lipinski definition) is 0. The lowest BCUT2D eigenvalue weighted by Gasteiger charge is -2.34. The van der Waals surface area contributed by atoms with Gasteiger partial charge in [-0.1, -0.05) is 133 Å². The van der Waals surface area contributed by atoms with Crippen molar-refractivity contribution in [2.75, 3.05) is 0 Å². The van der Waals surface area contributed by atoms with Crippen LogP contribution in [0.3, 0.4) is 0 Å². The van der Waals surface area contributed by atoms with Crippen molar-refractivity contribution in [2.45, 2.75) is 12.3 Å². The van der Waals surface area contributed by atoms with Crippen LogP contribution in [0.25, 0.3) is 49.8 Å². The molecular weight excluding hydrogens is 532 g/mol. The van der Waals surface area contributed by atoms with Crippen LogP contribution in [0.2, 0.25) is 5.02 Å². The van der Waals surface area contributed by atoms with E-state index in [9.17, 15) is 0 Å². The largest absolute Gasteiger partial charge is 0.455 e. The molecule has 2 heteroatoms. The van der Waals surface area contributed by atoms with E-state index in [-0.39, 0.29) is 0 Å². The Labute approximate surface area is 250 Å². The molecule has 200 valence electrons. The predicted molar refractivity (Wildman–Crippen MR) is 176 cm³/mol. The molecule has 1 aliphatic rings. The van der Waals surface area contributed by atoms with E-state index in [4.69, 9.17) is 16.0 Å². The molecule has 0 radical (unpaired) electrons. The number of halogens is 1. The van der Waals surface area contributed by atoms with E-state index in [2.05, 4.69) is 134 Å². The van der Waals surface area contributed by atoms with E-state index in [1.54, 1.807) is 0 Å². The Morgan fingerprint density at radius 2 is 1.33 bits per heavy atom. The first kappa shape index (κ1) is 24.9. The zero-order valence-corrected chi connectivity index (χ0v) is 24.0. The van der Waals surface area contributed by atoms with Crippen molar-refractivity contribution in [1.29, 1.82) is 0 Å². The van der Waals surface area contributed by atoms with Crippen LogP contribution in [-0.2, 0) is 5.41 Å². The SMILES string of the molecule is C=C(C)c1ccc2oc3c(-c4ccc(C5(c6ccccc6)c6ccccc6-c6ccc(Cl)cc65)cc4)cccc3c2c1. The average molecular weight is 559 g/mol. The summed E-state index contributed by atoms with van der Waals surface area (Å²) in [5.41, 5.74) is 13.1. The summed E-state index contributed by atoms with van der Waals surface area (Å²) in [4.78, 5) is 0. The summed E-state index contributed by atoms with van der Waals surface area (Å²) in [6.45, 7) is 6.16. The van der Waals surface area contributed by atoms with E-state index in [0.717, 1.165) is 49.2 Å². The average Bonchev–Trinajstić information content (AvgIpc) is 3.55. The normalized spacial score (nSPS) is 15.6. The standard InChI is InChI=1S/C40H27ClO/c1-25(2)27-17-22-38-35(23-27)34-13-8-12-31(39(34)42-38)26-15-18-29(19-16-26)40(28-9-4-3-5-10-28)36-14-7-6-11-32(36)33-21-20-30(41)24-37(33)40/h3-24H,1H2,2H3. The molecule has 0 saturated heterocycles. The highest BCUT2D eigenvalue weighted by Crippen LogP contribution is 2.56. The first-order valence-electron chi connectivity index (χ1n) is 14.2. The van der Waals surface area contributed by atoms with Gasteiger partial charge >= 0.3 is 0 Å². The van der Waals surface area contributed by atoms with Crippen molar-refractivity contribution >= 4 is 39.1 Å². The monoisotopic (exact) mass is 558 g/mol. The van der Waals surface area contributed by atoms with Crippen LogP contribution in [0, 0.1) is 0 Å². The van der Waals surface area contributed by atoms with Gasteiger partial charge in [0, 0.05) is 21.4 Å². The van der Waals surface area contributed by atoms with Gasteiger partial charge in [0.05, 0.1) is 5.41 Å². The van der Waals surface area contributed by atoms with Gasteiger partial charge in [0.1, 0.15) is 11.2 Å². The number of fused-ring (bicyclic) bond motifs is 6. The molecule has 0 aliphatic heterocycles. The zero-order chi connectivity index (χ0) is 28.4. The molecule has 1 aliphatic carbocycles. The quantitative estimate of drug-likeness (QED) is 0.209. The van der Waals surface area contributed by atoms with Gasteiger partial charge in [-0.15, -0.1) is 0 Å². The number of benzene rings is 6. The van der Waals surface area contributed by atoms with Gasteiger partial charge < -0.3 is 4.42 Å². The molecule has 0 amide bonds. The van der Waals surface area contributed by atoms with Crippen molar-refractivity contribution in [1.82, 2.24) is 0 Å². The van der Waals surface area contributed by atoms with Crippen LogP contribution in [0.4, 0.5) is 0 Å². The Kier molecular flexibility index (Phi) is 5.54. The third kappa shape index (κ3) is 3.50. The maximum atomic E-state index is 6.67. The van der Waals surface area contributed by atoms with Crippen molar-refractivity contribution in [3.63, 3.8) is 0 Å². The molecule has 1 heterocycles. The molecular formula is C40H27ClO. The maximum absolute atomic E-state index is 6.67. The van der Waals surface area contributed by atoms with Crippen LogP contribution in [-0.4, -0.2) is 0 Å². The molecule has 0 spiro atoms. The Balaban J connectivity index is 1.34. The van der Waals surface area contributed by atoms with Gasteiger partial charge in [-0.05, 0) is 75.7 Å². The molecule has 0 bridgehead atoms. The molecule has 8 rings (SSSR count). The number of furan rings is 1. The van der Waals surface area contributed by atoms with Crippen LogP contribution >= 0.6 is 11.6 Å². The molecule has 6 aromatic carbocycles. The second-order valence-corrected chi connectivity index (χ2v) is 11.6. The molecule has 1 atom stereocenters. The Hall–Kier alpha value is -4.85. The van der Waals surface area contributed by atoms with E-state index in [0.29, 0.717) is 0 Å².